The highest BCUT2D eigenvalue weighted by Crippen LogP contribution is 2.10. The molecule has 0 aliphatic rings. The molecule has 6 nitrogen and oxygen atoms in total. The second-order valence-corrected chi connectivity index (χ2v) is 7.70. The summed E-state index contributed by atoms with van der Waals surface area (Å²) in [5, 5.41) is 3.05. The number of hydrogen-bond donors (Lipinski definition) is 2. The molecule has 2 atom stereocenters. The van der Waals surface area contributed by atoms with Gasteiger partial charge >= 0.3 is 5.97 Å². The van der Waals surface area contributed by atoms with Crippen molar-refractivity contribution in [3.63, 3.8) is 0 Å². The van der Waals surface area contributed by atoms with E-state index in [0.717, 1.165) is 5.56 Å². The van der Waals surface area contributed by atoms with Crippen molar-refractivity contribution in [2.24, 2.45) is 5.92 Å². The Hall–Kier alpha value is -1.44. The molecule has 0 bridgehead atoms. The first kappa shape index (κ1) is 19.6. The molecule has 1 aromatic carbocycles. The highest BCUT2D eigenvalue weighted by molar-refractivity contribution is 7.89. The lowest BCUT2D eigenvalue weighted by Gasteiger charge is -2.22. The first-order chi connectivity index (χ1) is 10.7. The molecule has 0 fully saturated rings. The Balaban J connectivity index is 2.66. The lowest BCUT2D eigenvalue weighted by Crippen LogP contribution is -2.48. The highest BCUT2D eigenvalue weighted by Gasteiger charge is 2.24. The minimum absolute atomic E-state index is 0.0448. The molecule has 7 heteroatoms. The summed E-state index contributed by atoms with van der Waals surface area (Å²) in [7, 11) is -2.24. The molecule has 2 N–H and O–H groups in total. The molecule has 0 aliphatic heterocycles. The fourth-order valence-electron chi connectivity index (χ4n) is 2.11. The van der Waals surface area contributed by atoms with Gasteiger partial charge in [0, 0.05) is 12.6 Å². The Morgan fingerprint density at radius 3 is 2.22 bits per heavy atom. The van der Waals surface area contributed by atoms with Crippen LogP contribution in [0, 0.1) is 12.8 Å². The molecule has 0 aliphatic carbocycles. The van der Waals surface area contributed by atoms with Crippen LogP contribution in [-0.2, 0) is 19.6 Å². The van der Waals surface area contributed by atoms with Gasteiger partial charge in [-0.3, -0.25) is 4.79 Å². The normalized spacial score (nSPS) is 14.5. The molecule has 0 saturated heterocycles. The van der Waals surface area contributed by atoms with Gasteiger partial charge in [0.15, 0.2) is 0 Å². The summed E-state index contributed by atoms with van der Waals surface area (Å²) >= 11 is 0. The van der Waals surface area contributed by atoms with Gasteiger partial charge in [0.05, 0.1) is 12.0 Å². The van der Waals surface area contributed by atoms with Gasteiger partial charge in [0.25, 0.3) is 0 Å². The van der Waals surface area contributed by atoms with Crippen molar-refractivity contribution in [3.05, 3.63) is 29.8 Å². The molecule has 1 rings (SSSR count). The number of carbonyl (C=O) groups is 1. The third-order valence-corrected chi connectivity index (χ3v) is 5.06. The molecule has 0 saturated carbocycles. The van der Waals surface area contributed by atoms with E-state index in [4.69, 9.17) is 4.74 Å². The summed E-state index contributed by atoms with van der Waals surface area (Å²) in [5.74, 6) is -0.308. The second-order valence-electron chi connectivity index (χ2n) is 5.99. The largest absolute Gasteiger partial charge is 0.468 e. The van der Waals surface area contributed by atoms with Crippen molar-refractivity contribution < 1.29 is 17.9 Å². The molecule has 0 aromatic heterocycles. The van der Waals surface area contributed by atoms with E-state index in [2.05, 4.69) is 10.0 Å². The van der Waals surface area contributed by atoms with E-state index < -0.39 is 16.1 Å². The molecule has 0 unspecified atom stereocenters. The van der Waals surface area contributed by atoms with Crippen molar-refractivity contribution in [1.29, 1.82) is 0 Å². The summed E-state index contributed by atoms with van der Waals surface area (Å²) < 4.78 is 31.9. The molecular weight excluding hydrogens is 316 g/mol. The number of esters is 1. The van der Waals surface area contributed by atoms with Crippen molar-refractivity contribution in [2.75, 3.05) is 13.7 Å². The van der Waals surface area contributed by atoms with Gasteiger partial charge in [0.2, 0.25) is 10.0 Å². The van der Waals surface area contributed by atoms with Crippen LogP contribution in [0.2, 0.25) is 0 Å². The zero-order chi connectivity index (χ0) is 17.6. The molecule has 0 radical (unpaired) electrons. The van der Waals surface area contributed by atoms with Crippen LogP contribution in [0.5, 0.6) is 0 Å². The number of ether oxygens (including phenoxy) is 1. The van der Waals surface area contributed by atoms with Crippen LogP contribution in [0.1, 0.15) is 26.3 Å². The van der Waals surface area contributed by atoms with E-state index in [0.29, 0.717) is 6.54 Å². The minimum Gasteiger partial charge on any atom is -0.468 e. The predicted molar refractivity (Wildman–Crippen MR) is 89.6 cm³/mol. The smallest absolute Gasteiger partial charge is 0.323 e. The Morgan fingerprint density at radius 1 is 1.17 bits per heavy atom. The quantitative estimate of drug-likeness (QED) is 0.699. The van der Waals surface area contributed by atoms with Crippen LogP contribution >= 0.6 is 0 Å². The average molecular weight is 342 g/mol. The second kappa shape index (κ2) is 8.42. The maximum Gasteiger partial charge on any atom is 0.323 e. The van der Waals surface area contributed by atoms with E-state index in [1.54, 1.807) is 31.2 Å². The molecule has 0 heterocycles. The minimum atomic E-state index is -3.58. The average Bonchev–Trinajstić information content (AvgIpc) is 2.46. The van der Waals surface area contributed by atoms with Gasteiger partial charge in [-0.1, -0.05) is 31.5 Å². The predicted octanol–water partition coefficient (Wildman–Crippen LogP) is 1.45. The fraction of sp³-hybridized carbons (Fsp3) is 0.562. The van der Waals surface area contributed by atoms with Crippen LogP contribution in [0.3, 0.4) is 0 Å². The summed E-state index contributed by atoms with van der Waals surface area (Å²) in [6, 6.07) is 5.82. The Bertz CT molecular complexity index is 611. The number of nitrogens with one attached hydrogen (secondary N) is 2. The summed E-state index contributed by atoms with van der Waals surface area (Å²) in [6.07, 6.45) is 0. The maximum absolute atomic E-state index is 12.3. The Labute approximate surface area is 138 Å². The zero-order valence-electron chi connectivity index (χ0n) is 14.3. The first-order valence-corrected chi connectivity index (χ1v) is 9.06. The van der Waals surface area contributed by atoms with Gasteiger partial charge in [0.1, 0.15) is 6.04 Å². The van der Waals surface area contributed by atoms with E-state index in [-0.39, 0.29) is 22.8 Å². The Morgan fingerprint density at radius 2 is 1.74 bits per heavy atom. The van der Waals surface area contributed by atoms with E-state index >= 15 is 0 Å². The van der Waals surface area contributed by atoms with E-state index in [9.17, 15) is 13.2 Å². The molecule has 130 valence electrons. The highest BCUT2D eigenvalue weighted by atomic mass is 32.2. The molecule has 0 amide bonds. The maximum atomic E-state index is 12.3. The van der Waals surface area contributed by atoms with Crippen LogP contribution in [0.15, 0.2) is 29.2 Å². The number of methoxy groups -OCH3 is 1. The summed E-state index contributed by atoms with van der Waals surface area (Å²) in [6.45, 7) is 7.76. The molecule has 23 heavy (non-hydrogen) atoms. The first-order valence-electron chi connectivity index (χ1n) is 7.57. The van der Waals surface area contributed by atoms with Crippen molar-refractivity contribution in [1.82, 2.24) is 10.0 Å². The monoisotopic (exact) mass is 342 g/mol. The van der Waals surface area contributed by atoms with Gasteiger partial charge in [-0.05, 0) is 31.9 Å². The van der Waals surface area contributed by atoms with Crippen LogP contribution in [0.4, 0.5) is 0 Å². The summed E-state index contributed by atoms with van der Waals surface area (Å²) in [5.41, 5.74) is 0.997. The summed E-state index contributed by atoms with van der Waals surface area (Å²) in [4.78, 5) is 11.9. The lowest BCUT2D eigenvalue weighted by molar-refractivity contribution is -0.144. The SMILES string of the molecule is COC(=O)[C@@H](NC[C@H](C)NS(=O)(=O)c1ccc(C)cc1)C(C)C. The Kier molecular flexibility index (Phi) is 7.18. The van der Waals surface area contributed by atoms with Gasteiger partial charge in [-0.2, -0.15) is 0 Å². The number of aryl methyl sites for hydroxylation is 1. The van der Waals surface area contributed by atoms with E-state index in [1.165, 1.54) is 7.11 Å². The zero-order valence-corrected chi connectivity index (χ0v) is 15.1. The van der Waals surface area contributed by atoms with Crippen LogP contribution < -0.4 is 10.0 Å². The number of benzene rings is 1. The van der Waals surface area contributed by atoms with Crippen molar-refractivity contribution in [2.45, 2.75) is 44.7 Å². The van der Waals surface area contributed by atoms with Crippen LogP contribution in [0.25, 0.3) is 0 Å². The lowest BCUT2D eigenvalue weighted by atomic mass is 10.0. The fourth-order valence-corrected chi connectivity index (χ4v) is 3.36. The van der Waals surface area contributed by atoms with Crippen LogP contribution in [-0.4, -0.2) is 40.1 Å². The molecule has 0 spiro atoms. The van der Waals surface area contributed by atoms with Gasteiger partial charge in [-0.25, -0.2) is 13.1 Å². The third kappa shape index (κ3) is 5.93. The molecule has 1 aromatic rings. The number of rotatable bonds is 8. The van der Waals surface area contributed by atoms with E-state index in [1.807, 2.05) is 20.8 Å². The topological polar surface area (TPSA) is 84.5 Å². The van der Waals surface area contributed by atoms with Gasteiger partial charge in [-0.15, -0.1) is 0 Å². The number of hydrogen-bond acceptors (Lipinski definition) is 5. The van der Waals surface area contributed by atoms with Gasteiger partial charge < -0.3 is 10.1 Å². The molecular formula is C16H26N2O4S. The van der Waals surface area contributed by atoms with Crippen molar-refractivity contribution in [3.8, 4) is 0 Å². The number of carbonyl (C=O) groups excluding carboxylic acids is 1. The van der Waals surface area contributed by atoms with Crippen molar-refractivity contribution >= 4 is 16.0 Å². The standard InChI is InChI=1S/C16H26N2O4S/c1-11(2)15(16(19)22-5)17-10-13(4)18-23(20,21)14-8-6-12(3)7-9-14/h6-9,11,13,15,17-18H,10H2,1-5H3/t13-,15-/m0/s1. The number of sulfonamides is 1. The third-order valence-electron chi connectivity index (χ3n) is 3.45.